The molecule has 1 aliphatic carbocycles. The van der Waals surface area contributed by atoms with E-state index in [0.29, 0.717) is 11.8 Å². The minimum atomic E-state index is -0.0622. The third-order valence-corrected chi connectivity index (χ3v) is 4.25. The summed E-state index contributed by atoms with van der Waals surface area (Å²) in [7, 11) is 0. The van der Waals surface area contributed by atoms with E-state index in [4.69, 9.17) is 4.74 Å². The lowest BCUT2D eigenvalue weighted by molar-refractivity contribution is -0.156. The van der Waals surface area contributed by atoms with Crippen molar-refractivity contribution in [2.75, 3.05) is 6.54 Å². The molecule has 3 nitrogen and oxygen atoms in total. The number of piperidine rings is 1. The number of hydrogen-bond acceptors (Lipinski definition) is 3. The van der Waals surface area contributed by atoms with Crippen molar-refractivity contribution in [3.63, 3.8) is 0 Å². The van der Waals surface area contributed by atoms with Gasteiger partial charge in [-0.1, -0.05) is 20.3 Å². The lowest BCUT2D eigenvalue weighted by Gasteiger charge is -2.32. The monoisotopic (exact) mass is 239 g/mol. The molecule has 4 unspecified atom stereocenters. The van der Waals surface area contributed by atoms with Crippen molar-refractivity contribution in [2.45, 2.75) is 64.5 Å². The Balaban J connectivity index is 1.83. The zero-order chi connectivity index (χ0) is 12.3. The Morgan fingerprint density at radius 2 is 1.94 bits per heavy atom. The number of carbonyl (C=O) groups excluding carboxylic acids is 1. The van der Waals surface area contributed by atoms with Crippen LogP contribution in [0.25, 0.3) is 0 Å². The Labute approximate surface area is 104 Å². The van der Waals surface area contributed by atoms with E-state index in [2.05, 4.69) is 19.2 Å². The second-order valence-corrected chi connectivity index (χ2v) is 5.87. The maximum absolute atomic E-state index is 12.1. The SMILES string of the molecule is CC1CCNC(C(=O)OC2CCCCC2C)C1. The number of nitrogens with one attached hydrogen (secondary N) is 1. The summed E-state index contributed by atoms with van der Waals surface area (Å²) in [5, 5.41) is 3.28. The van der Waals surface area contributed by atoms with Gasteiger partial charge in [0.25, 0.3) is 0 Å². The standard InChI is InChI=1S/C14H25NO2/c1-10-7-8-15-12(9-10)14(16)17-13-6-4-3-5-11(13)2/h10-13,15H,3-9H2,1-2H3. The van der Waals surface area contributed by atoms with Crippen LogP contribution in [-0.4, -0.2) is 24.7 Å². The Morgan fingerprint density at radius 3 is 2.65 bits per heavy atom. The summed E-state index contributed by atoms with van der Waals surface area (Å²) in [4.78, 5) is 12.1. The fraction of sp³-hybridized carbons (Fsp3) is 0.929. The zero-order valence-electron chi connectivity index (χ0n) is 11.1. The van der Waals surface area contributed by atoms with Gasteiger partial charge in [-0.25, -0.2) is 0 Å². The summed E-state index contributed by atoms with van der Waals surface area (Å²) in [6, 6.07) is -0.0622. The lowest BCUT2D eigenvalue weighted by Crippen LogP contribution is -2.45. The average molecular weight is 239 g/mol. The van der Waals surface area contributed by atoms with Gasteiger partial charge in [-0.15, -0.1) is 0 Å². The summed E-state index contributed by atoms with van der Waals surface area (Å²) < 4.78 is 5.69. The predicted molar refractivity (Wildman–Crippen MR) is 67.7 cm³/mol. The summed E-state index contributed by atoms with van der Waals surface area (Å²) >= 11 is 0. The fourth-order valence-corrected chi connectivity index (χ4v) is 2.98. The van der Waals surface area contributed by atoms with Crippen molar-refractivity contribution < 1.29 is 9.53 Å². The molecular weight excluding hydrogens is 214 g/mol. The molecule has 2 aliphatic rings. The van der Waals surface area contributed by atoms with Gasteiger partial charge in [0.05, 0.1) is 0 Å². The molecule has 0 spiro atoms. The van der Waals surface area contributed by atoms with Crippen LogP contribution in [-0.2, 0) is 9.53 Å². The Bertz CT molecular complexity index is 267. The number of hydrogen-bond donors (Lipinski definition) is 1. The Hall–Kier alpha value is -0.570. The van der Waals surface area contributed by atoms with Gasteiger partial charge in [0, 0.05) is 0 Å². The molecule has 2 rings (SSSR count). The van der Waals surface area contributed by atoms with Crippen molar-refractivity contribution in [3.05, 3.63) is 0 Å². The zero-order valence-corrected chi connectivity index (χ0v) is 11.1. The highest BCUT2D eigenvalue weighted by atomic mass is 16.5. The van der Waals surface area contributed by atoms with Gasteiger partial charge in [0.15, 0.2) is 0 Å². The number of rotatable bonds is 2. The van der Waals surface area contributed by atoms with Crippen LogP contribution in [0, 0.1) is 11.8 Å². The lowest BCUT2D eigenvalue weighted by atomic mass is 9.88. The minimum Gasteiger partial charge on any atom is -0.461 e. The molecule has 1 N–H and O–H groups in total. The second-order valence-electron chi connectivity index (χ2n) is 5.87. The third kappa shape index (κ3) is 3.44. The normalized spacial score (nSPS) is 38.7. The van der Waals surface area contributed by atoms with Crippen molar-refractivity contribution in [2.24, 2.45) is 11.8 Å². The van der Waals surface area contributed by atoms with Crippen LogP contribution in [0.2, 0.25) is 0 Å². The summed E-state index contributed by atoms with van der Waals surface area (Å²) in [5.41, 5.74) is 0. The molecule has 17 heavy (non-hydrogen) atoms. The van der Waals surface area contributed by atoms with Crippen molar-refractivity contribution >= 4 is 5.97 Å². The van der Waals surface area contributed by atoms with Crippen LogP contribution < -0.4 is 5.32 Å². The summed E-state index contributed by atoms with van der Waals surface area (Å²) in [6.07, 6.45) is 7.01. The molecule has 0 bridgehead atoms. The number of esters is 1. The van der Waals surface area contributed by atoms with Crippen LogP contribution in [0.3, 0.4) is 0 Å². The van der Waals surface area contributed by atoms with E-state index in [1.807, 2.05) is 0 Å². The first-order valence-electron chi connectivity index (χ1n) is 7.10. The van der Waals surface area contributed by atoms with Gasteiger partial charge in [-0.05, 0) is 50.5 Å². The van der Waals surface area contributed by atoms with Crippen LogP contribution in [0.15, 0.2) is 0 Å². The van der Waals surface area contributed by atoms with Gasteiger partial charge < -0.3 is 10.1 Å². The summed E-state index contributed by atoms with van der Waals surface area (Å²) in [5.74, 6) is 1.15. The molecule has 3 heteroatoms. The van der Waals surface area contributed by atoms with Crippen LogP contribution >= 0.6 is 0 Å². The predicted octanol–water partition coefficient (Wildman–Crippen LogP) is 2.50. The largest absolute Gasteiger partial charge is 0.461 e. The van der Waals surface area contributed by atoms with E-state index in [9.17, 15) is 4.79 Å². The van der Waals surface area contributed by atoms with E-state index >= 15 is 0 Å². The molecule has 0 aromatic heterocycles. The van der Waals surface area contributed by atoms with Crippen LogP contribution in [0.4, 0.5) is 0 Å². The fourth-order valence-electron chi connectivity index (χ4n) is 2.98. The van der Waals surface area contributed by atoms with Gasteiger partial charge >= 0.3 is 5.97 Å². The smallest absolute Gasteiger partial charge is 0.323 e. The van der Waals surface area contributed by atoms with E-state index in [-0.39, 0.29) is 18.1 Å². The maximum Gasteiger partial charge on any atom is 0.323 e. The van der Waals surface area contributed by atoms with Gasteiger partial charge in [0.2, 0.25) is 0 Å². The van der Waals surface area contributed by atoms with Gasteiger partial charge in [0.1, 0.15) is 12.1 Å². The average Bonchev–Trinajstić information content (AvgIpc) is 2.32. The number of carbonyl (C=O) groups is 1. The van der Waals surface area contributed by atoms with Crippen molar-refractivity contribution in [3.8, 4) is 0 Å². The first kappa shape index (κ1) is 12.9. The highest BCUT2D eigenvalue weighted by Crippen LogP contribution is 2.27. The molecule has 1 heterocycles. The van der Waals surface area contributed by atoms with Gasteiger partial charge in [-0.3, -0.25) is 4.79 Å². The van der Waals surface area contributed by atoms with E-state index < -0.39 is 0 Å². The molecule has 1 saturated carbocycles. The van der Waals surface area contributed by atoms with E-state index in [0.717, 1.165) is 19.4 Å². The highest BCUT2D eigenvalue weighted by Gasteiger charge is 2.30. The molecule has 4 atom stereocenters. The van der Waals surface area contributed by atoms with E-state index in [1.165, 1.54) is 25.7 Å². The molecule has 0 aromatic carbocycles. The molecule has 2 fully saturated rings. The highest BCUT2D eigenvalue weighted by molar-refractivity contribution is 5.76. The second kappa shape index (κ2) is 5.85. The first-order chi connectivity index (χ1) is 8.16. The molecule has 1 aliphatic heterocycles. The molecule has 0 aromatic rings. The molecule has 0 amide bonds. The van der Waals surface area contributed by atoms with Crippen LogP contribution in [0.1, 0.15) is 52.4 Å². The third-order valence-electron chi connectivity index (χ3n) is 4.25. The van der Waals surface area contributed by atoms with E-state index in [1.54, 1.807) is 0 Å². The first-order valence-corrected chi connectivity index (χ1v) is 7.10. The summed E-state index contributed by atoms with van der Waals surface area (Å²) in [6.45, 7) is 5.36. The van der Waals surface area contributed by atoms with Crippen molar-refractivity contribution in [1.29, 1.82) is 0 Å². The quantitative estimate of drug-likeness (QED) is 0.752. The molecule has 98 valence electrons. The molecule has 1 saturated heterocycles. The minimum absolute atomic E-state index is 0.0182. The van der Waals surface area contributed by atoms with Crippen LogP contribution in [0.5, 0.6) is 0 Å². The Morgan fingerprint density at radius 1 is 1.18 bits per heavy atom. The Kier molecular flexibility index (Phi) is 4.43. The topological polar surface area (TPSA) is 38.3 Å². The van der Waals surface area contributed by atoms with Gasteiger partial charge in [-0.2, -0.15) is 0 Å². The maximum atomic E-state index is 12.1. The van der Waals surface area contributed by atoms with Crippen molar-refractivity contribution in [1.82, 2.24) is 5.32 Å². The molecular formula is C14H25NO2. The molecule has 0 radical (unpaired) electrons. The number of ether oxygens (including phenoxy) is 1.